The zero-order chi connectivity index (χ0) is 13.3. The monoisotopic (exact) mass is 307 g/mol. The molecule has 0 saturated heterocycles. The van der Waals surface area contributed by atoms with Gasteiger partial charge in [-0.1, -0.05) is 36.7 Å². The van der Waals surface area contributed by atoms with E-state index in [0.29, 0.717) is 5.82 Å². The van der Waals surface area contributed by atoms with Crippen LogP contribution in [0, 0.1) is 5.41 Å². The van der Waals surface area contributed by atoms with E-state index in [1.165, 1.54) is 6.33 Å². The molecule has 1 N–H and O–H groups in total. The van der Waals surface area contributed by atoms with Crippen molar-refractivity contribution in [1.29, 1.82) is 0 Å². The first-order chi connectivity index (χ1) is 8.38. The summed E-state index contributed by atoms with van der Waals surface area (Å²) in [6, 6.07) is 5.69. The van der Waals surface area contributed by atoms with E-state index >= 15 is 0 Å². The van der Waals surface area contributed by atoms with Crippen molar-refractivity contribution >= 4 is 38.6 Å². The molecule has 2 rings (SSSR count). The molecule has 5 heteroatoms. The van der Waals surface area contributed by atoms with Gasteiger partial charge < -0.3 is 5.32 Å². The average molecular weight is 308 g/mol. The summed E-state index contributed by atoms with van der Waals surface area (Å²) < 4.78 is 0.927. The Balaban J connectivity index is 2.45. The van der Waals surface area contributed by atoms with Crippen LogP contribution in [-0.2, 0) is 4.79 Å². The van der Waals surface area contributed by atoms with Crippen LogP contribution in [0.4, 0.5) is 5.82 Å². The number of carbonyl (C=O) groups is 1. The molecule has 0 bridgehead atoms. The highest BCUT2D eigenvalue weighted by molar-refractivity contribution is 9.10. The first kappa shape index (κ1) is 13.0. The third kappa shape index (κ3) is 2.67. The number of halogens is 1. The van der Waals surface area contributed by atoms with Crippen LogP contribution in [0.5, 0.6) is 0 Å². The fourth-order valence-corrected chi connectivity index (χ4v) is 1.78. The molecule has 0 aliphatic heterocycles. The lowest BCUT2D eigenvalue weighted by atomic mass is 9.96. The summed E-state index contributed by atoms with van der Waals surface area (Å²) in [5.41, 5.74) is 0.348. The van der Waals surface area contributed by atoms with Crippen LogP contribution in [0.15, 0.2) is 29.0 Å². The first-order valence-electron chi connectivity index (χ1n) is 5.59. The summed E-state index contributed by atoms with van der Waals surface area (Å²) in [5, 5.41) is 3.66. The van der Waals surface area contributed by atoms with E-state index in [2.05, 4.69) is 31.2 Å². The van der Waals surface area contributed by atoms with Gasteiger partial charge in [0.2, 0.25) is 5.91 Å². The molecule has 2 aromatic rings. The van der Waals surface area contributed by atoms with Crippen molar-refractivity contribution in [2.24, 2.45) is 5.41 Å². The molecular formula is C13H14BrN3O. The Kier molecular flexibility index (Phi) is 3.34. The fourth-order valence-electron chi connectivity index (χ4n) is 1.42. The highest BCUT2D eigenvalue weighted by atomic mass is 79.9. The quantitative estimate of drug-likeness (QED) is 0.878. The Bertz CT molecular complexity index is 605. The number of fused-ring (bicyclic) bond motifs is 1. The van der Waals surface area contributed by atoms with Crippen LogP contribution in [-0.4, -0.2) is 15.9 Å². The van der Waals surface area contributed by atoms with E-state index in [0.717, 1.165) is 15.4 Å². The minimum absolute atomic E-state index is 0.0672. The van der Waals surface area contributed by atoms with Gasteiger partial charge in [0.15, 0.2) is 0 Å². The molecular weight excluding hydrogens is 294 g/mol. The molecule has 0 atom stereocenters. The third-order valence-corrected chi connectivity index (χ3v) is 3.00. The smallest absolute Gasteiger partial charge is 0.230 e. The van der Waals surface area contributed by atoms with E-state index in [1.807, 2.05) is 39.0 Å². The topological polar surface area (TPSA) is 54.9 Å². The van der Waals surface area contributed by atoms with Gasteiger partial charge in [-0.15, -0.1) is 0 Å². The maximum absolute atomic E-state index is 12.0. The average Bonchev–Trinajstić information content (AvgIpc) is 2.28. The molecule has 0 aliphatic carbocycles. The second kappa shape index (κ2) is 4.65. The molecule has 94 valence electrons. The van der Waals surface area contributed by atoms with Crippen molar-refractivity contribution in [2.75, 3.05) is 5.32 Å². The fraction of sp³-hybridized carbons (Fsp3) is 0.308. The van der Waals surface area contributed by atoms with Gasteiger partial charge >= 0.3 is 0 Å². The van der Waals surface area contributed by atoms with Crippen LogP contribution in [0.25, 0.3) is 10.9 Å². The number of hydrogen-bond donors (Lipinski definition) is 1. The zero-order valence-electron chi connectivity index (χ0n) is 10.5. The number of rotatable bonds is 1. The molecule has 1 amide bonds. The van der Waals surface area contributed by atoms with E-state index in [4.69, 9.17) is 0 Å². The van der Waals surface area contributed by atoms with Gasteiger partial charge in [0.1, 0.15) is 12.1 Å². The number of carbonyl (C=O) groups excluding carboxylic acids is 1. The van der Waals surface area contributed by atoms with Crippen LogP contribution in [0.3, 0.4) is 0 Å². The second-order valence-electron chi connectivity index (χ2n) is 5.09. The molecule has 1 aromatic heterocycles. The van der Waals surface area contributed by atoms with Crippen LogP contribution >= 0.6 is 15.9 Å². The molecule has 1 heterocycles. The molecule has 0 unspecified atom stereocenters. The zero-order valence-corrected chi connectivity index (χ0v) is 12.1. The summed E-state index contributed by atoms with van der Waals surface area (Å²) in [6.07, 6.45) is 1.45. The first-order valence-corrected chi connectivity index (χ1v) is 6.39. The standard InChI is InChI=1S/C13H14BrN3O/c1-13(2,3)12(18)17-11-9-6-8(14)4-5-10(9)15-7-16-11/h4-7H,1-3H3,(H,15,16,17,18). The minimum atomic E-state index is -0.455. The van der Waals surface area contributed by atoms with E-state index < -0.39 is 5.41 Å². The Morgan fingerprint density at radius 2 is 2.00 bits per heavy atom. The molecule has 0 spiro atoms. The van der Waals surface area contributed by atoms with Crippen molar-refractivity contribution in [3.63, 3.8) is 0 Å². The van der Waals surface area contributed by atoms with Gasteiger partial charge in [0.25, 0.3) is 0 Å². The third-order valence-electron chi connectivity index (χ3n) is 2.51. The van der Waals surface area contributed by atoms with Crippen molar-refractivity contribution in [2.45, 2.75) is 20.8 Å². The minimum Gasteiger partial charge on any atom is -0.310 e. The Labute approximate surface area is 114 Å². The predicted octanol–water partition coefficient (Wildman–Crippen LogP) is 3.38. The Morgan fingerprint density at radius 3 is 2.67 bits per heavy atom. The number of amides is 1. The van der Waals surface area contributed by atoms with Crippen LogP contribution in [0.1, 0.15) is 20.8 Å². The number of benzene rings is 1. The Hall–Kier alpha value is -1.49. The van der Waals surface area contributed by atoms with Crippen LogP contribution in [0.2, 0.25) is 0 Å². The predicted molar refractivity (Wildman–Crippen MR) is 75.3 cm³/mol. The summed E-state index contributed by atoms with van der Waals surface area (Å²) in [6.45, 7) is 5.59. The maximum atomic E-state index is 12.0. The van der Waals surface area contributed by atoms with Gasteiger partial charge in [0.05, 0.1) is 5.52 Å². The van der Waals surface area contributed by atoms with E-state index in [-0.39, 0.29) is 5.91 Å². The maximum Gasteiger partial charge on any atom is 0.230 e. The number of nitrogens with zero attached hydrogens (tertiary/aromatic N) is 2. The largest absolute Gasteiger partial charge is 0.310 e. The van der Waals surface area contributed by atoms with Crippen molar-refractivity contribution in [3.8, 4) is 0 Å². The van der Waals surface area contributed by atoms with E-state index in [9.17, 15) is 4.79 Å². The van der Waals surface area contributed by atoms with Crippen molar-refractivity contribution < 1.29 is 4.79 Å². The van der Waals surface area contributed by atoms with E-state index in [1.54, 1.807) is 0 Å². The van der Waals surface area contributed by atoms with Gasteiger partial charge in [-0.05, 0) is 18.2 Å². The SMILES string of the molecule is CC(C)(C)C(=O)Nc1ncnc2ccc(Br)cc12. The number of anilines is 1. The summed E-state index contributed by atoms with van der Waals surface area (Å²) in [4.78, 5) is 20.3. The normalized spacial score (nSPS) is 11.6. The summed E-state index contributed by atoms with van der Waals surface area (Å²) in [5.74, 6) is 0.476. The number of hydrogen-bond acceptors (Lipinski definition) is 3. The van der Waals surface area contributed by atoms with Gasteiger partial charge in [0, 0.05) is 15.3 Å². The lowest BCUT2D eigenvalue weighted by Crippen LogP contribution is -2.28. The second-order valence-corrected chi connectivity index (χ2v) is 6.00. The van der Waals surface area contributed by atoms with Gasteiger partial charge in [-0.3, -0.25) is 4.79 Å². The molecule has 18 heavy (non-hydrogen) atoms. The molecule has 1 aromatic carbocycles. The van der Waals surface area contributed by atoms with Gasteiger partial charge in [-0.2, -0.15) is 0 Å². The molecule has 0 aliphatic rings. The number of aromatic nitrogens is 2. The Morgan fingerprint density at radius 1 is 1.28 bits per heavy atom. The molecule has 4 nitrogen and oxygen atoms in total. The lowest BCUT2D eigenvalue weighted by molar-refractivity contribution is -0.123. The highest BCUT2D eigenvalue weighted by Gasteiger charge is 2.22. The molecule has 0 fully saturated rings. The lowest BCUT2D eigenvalue weighted by Gasteiger charge is -2.17. The molecule has 0 radical (unpaired) electrons. The number of nitrogens with one attached hydrogen (secondary N) is 1. The highest BCUT2D eigenvalue weighted by Crippen LogP contribution is 2.25. The summed E-state index contributed by atoms with van der Waals surface area (Å²) >= 11 is 3.40. The molecule has 0 saturated carbocycles. The van der Waals surface area contributed by atoms with Gasteiger partial charge in [-0.25, -0.2) is 9.97 Å². The van der Waals surface area contributed by atoms with Crippen molar-refractivity contribution in [3.05, 3.63) is 29.0 Å². The van der Waals surface area contributed by atoms with Crippen LogP contribution < -0.4 is 5.32 Å². The summed E-state index contributed by atoms with van der Waals surface area (Å²) in [7, 11) is 0. The van der Waals surface area contributed by atoms with Crippen molar-refractivity contribution in [1.82, 2.24) is 9.97 Å².